The predicted molar refractivity (Wildman–Crippen MR) is 43.6 cm³/mol. The fraction of sp³-hybridized carbons (Fsp3) is 0. The van der Waals surface area contributed by atoms with Gasteiger partial charge < -0.3 is 10.3 Å². The lowest BCUT2D eigenvalue weighted by atomic mass is 10.3. The van der Waals surface area contributed by atoms with Gasteiger partial charge in [-0.05, 0) is 6.07 Å². The summed E-state index contributed by atoms with van der Waals surface area (Å²) in [6.07, 6.45) is 3.75. The van der Waals surface area contributed by atoms with Crippen molar-refractivity contribution in [2.75, 3.05) is 5.32 Å². The molecule has 0 saturated carbocycles. The molecule has 0 atom stereocenters. The number of imidazole rings is 1. The highest BCUT2D eigenvalue weighted by Crippen LogP contribution is 2.15. The monoisotopic (exact) mass is 162 g/mol. The van der Waals surface area contributed by atoms with Gasteiger partial charge >= 0.3 is 0 Å². The van der Waals surface area contributed by atoms with Crippen LogP contribution in [0.25, 0.3) is 11.2 Å². The van der Waals surface area contributed by atoms with E-state index in [0.29, 0.717) is 17.7 Å². The summed E-state index contributed by atoms with van der Waals surface area (Å²) in [7, 11) is 0. The van der Waals surface area contributed by atoms with Gasteiger partial charge in [-0.1, -0.05) is 0 Å². The van der Waals surface area contributed by atoms with Crippen LogP contribution in [0.5, 0.6) is 0 Å². The van der Waals surface area contributed by atoms with Crippen LogP contribution in [0, 0.1) is 0 Å². The Bertz CT molecular complexity index is 408. The van der Waals surface area contributed by atoms with E-state index >= 15 is 0 Å². The molecular weight excluding hydrogens is 156 g/mol. The normalized spacial score (nSPS) is 10.0. The van der Waals surface area contributed by atoms with Crippen molar-refractivity contribution in [3.8, 4) is 0 Å². The minimum atomic E-state index is 0.599. The Kier molecular flexibility index (Phi) is 1.48. The predicted octanol–water partition coefficient (Wildman–Crippen LogP) is 0.526. The zero-order valence-corrected chi connectivity index (χ0v) is 6.11. The van der Waals surface area contributed by atoms with Crippen LogP contribution in [0.2, 0.25) is 0 Å². The van der Waals surface area contributed by atoms with Crippen LogP contribution >= 0.6 is 0 Å². The van der Waals surface area contributed by atoms with Crippen molar-refractivity contribution in [2.45, 2.75) is 0 Å². The number of amides is 1. The third kappa shape index (κ3) is 0.914. The van der Waals surface area contributed by atoms with Crippen molar-refractivity contribution in [3.05, 3.63) is 18.6 Å². The summed E-state index contributed by atoms with van der Waals surface area (Å²) in [6.45, 7) is 0. The number of carbonyl (C=O) groups is 1. The first-order chi connectivity index (χ1) is 5.92. The van der Waals surface area contributed by atoms with Crippen molar-refractivity contribution in [1.82, 2.24) is 15.0 Å². The molecule has 2 aromatic rings. The standard InChI is InChI=1S/C7H6N4O/c12-4-11-5-1-2-8-7-6(5)9-3-10-7/h1-4H,(H2,8,9,10,11,12). The molecule has 2 heterocycles. The molecule has 5 nitrogen and oxygen atoms in total. The van der Waals surface area contributed by atoms with E-state index in [1.165, 1.54) is 6.33 Å². The second-order valence-electron chi connectivity index (χ2n) is 2.22. The molecule has 0 aliphatic rings. The largest absolute Gasteiger partial charge is 0.342 e. The van der Waals surface area contributed by atoms with E-state index in [9.17, 15) is 4.79 Å². The zero-order valence-electron chi connectivity index (χ0n) is 6.11. The van der Waals surface area contributed by atoms with Gasteiger partial charge in [0, 0.05) is 6.20 Å². The lowest BCUT2D eigenvalue weighted by Gasteiger charge is -1.97. The van der Waals surface area contributed by atoms with Crippen LogP contribution < -0.4 is 5.32 Å². The Morgan fingerprint density at radius 3 is 3.25 bits per heavy atom. The van der Waals surface area contributed by atoms with Crippen molar-refractivity contribution >= 4 is 23.3 Å². The fourth-order valence-electron chi connectivity index (χ4n) is 1.03. The molecule has 0 saturated heterocycles. The Hall–Kier alpha value is -1.91. The molecule has 2 N–H and O–H groups in total. The summed E-state index contributed by atoms with van der Waals surface area (Å²) < 4.78 is 0. The third-order valence-corrected chi connectivity index (χ3v) is 1.54. The third-order valence-electron chi connectivity index (χ3n) is 1.54. The number of aromatic nitrogens is 3. The number of aromatic amines is 1. The molecule has 1 amide bonds. The van der Waals surface area contributed by atoms with Gasteiger partial charge in [0.25, 0.3) is 0 Å². The topological polar surface area (TPSA) is 70.7 Å². The number of carbonyl (C=O) groups excluding carboxylic acids is 1. The van der Waals surface area contributed by atoms with Crippen LogP contribution in [-0.2, 0) is 4.79 Å². The molecule has 2 aromatic heterocycles. The van der Waals surface area contributed by atoms with Crippen LogP contribution in [0.15, 0.2) is 18.6 Å². The van der Waals surface area contributed by atoms with Crippen molar-refractivity contribution in [2.24, 2.45) is 0 Å². The highest BCUT2D eigenvalue weighted by molar-refractivity contribution is 5.90. The van der Waals surface area contributed by atoms with Gasteiger partial charge in [-0.3, -0.25) is 4.79 Å². The lowest BCUT2D eigenvalue weighted by molar-refractivity contribution is -0.105. The Balaban J connectivity index is 2.65. The second-order valence-corrected chi connectivity index (χ2v) is 2.22. The number of fused-ring (bicyclic) bond motifs is 1. The fourth-order valence-corrected chi connectivity index (χ4v) is 1.03. The van der Waals surface area contributed by atoms with Gasteiger partial charge in [-0.25, -0.2) is 9.97 Å². The summed E-state index contributed by atoms with van der Waals surface area (Å²) in [5, 5.41) is 2.54. The zero-order chi connectivity index (χ0) is 8.39. The molecule has 12 heavy (non-hydrogen) atoms. The van der Waals surface area contributed by atoms with Gasteiger partial charge in [-0.15, -0.1) is 0 Å². The maximum absolute atomic E-state index is 10.2. The van der Waals surface area contributed by atoms with E-state index in [1.54, 1.807) is 12.3 Å². The molecule has 0 radical (unpaired) electrons. The first kappa shape index (κ1) is 6.78. The minimum absolute atomic E-state index is 0.599. The molecule has 0 aliphatic carbocycles. The molecule has 0 bridgehead atoms. The smallest absolute Gasteiger partial charge is 0.211 e. The van der Waals surface area contributed by atoms with Crippen LogP contribution in [0.3, 0.4) is 0 Å². The first-order valence-corrected chi connectivity index (χ1v) is 3.40. The molecule has 0 fully saturated rings. The molecule has 60 valence electrons. The number of hydrogen-bond acceptors (Lipinski definition) is 3. The Morgan fingerprint density at radius 1 is 1.50 bits per heavy atom. The van der Waals surface area contributed by atoms with E-state index in [0.717, 1.165) is 5.52 Å². The maximum atomic E-state index is 10.2. The summed E-state index contributed by atoms with van der Waals surface area (Å²) >= 11 is 0. The minimum Gasteiger partial charge on any atom is -0.342 e. The summed E-state index contributed by atoms with van der Waals surface area (Å²) in [5.41, 5.74) is 2.03. The molecule has 0 unspecified atom stereocenters. The molecule has 0 aromatic carbocycles. The average Bonchev–Trinajstić information content (AvgIpc) is 2.53. The van der Waals surface area contributed by atoms with Gasteiger partial charge in [-0.2, -0.15) is 0 Å². The Labute approximate surface area is 67.8 Å². The number of pyridine rings is 1. The van der Waals surface area contributed by atoms with Gasteiger partial charge in [0.15, 0.2) is 5.65 Å². The number of H-pyrrole nitrogens is 1. The maximum Gasteiger partial charge on any atom is 0.211 e. The van der Waals surface area contributed by atoms with Crippen molar-refractivity contribution in [1.29, 1.82) is 0 Å². The van der Waals surface area contributed by atoms with Crippen LogP contribution in [-0.4, -0.2) is 21.4 Å². The van der Waals surface area contributed by atoms with Crippen molar-refractivity contribution in [3.63, 3.8) is 0 Å². The van der Waals surface area contributed by atoms with E-state index in [1.807, 2.05) is 0 Å². The first-order valence-electron chi connectivity index (χ1n) is 3.40. The molecule has 2 rings (SSSR count). The van der Waals surface area contributed by atoms with Gasteiger partial charge in [0.2, 0.25) is 6.41 Å². The van der Waals surface area contributed by atoms with Crippen molar-refractivity contribution < 1.29 is 4.79 Å². The van der Waals surface area contributed by atoms with Crippen LogP contribution in [0.1, 0.15) is 0 Å². The average molecular weight is 162 g/mol. The number of anilines is 1. The van der Waals surface area contributed by atoms with E-state index < -0.39 is 0 Å². The summed E-state index contributed by atoms with van der Waals surface area (Å²) in [5.74, 6) is 0. The number of hydrogen-bond donors (Lipinski definition) is 2. The number of rotatable bonds is 2. The highest BCUT2D eigenvalue weighted by Gasteiger charge is 2.01. The highest BCUT2D eigenvalue weighted by atomic mass is 16.1. The van der Waals surface area contributed by atoms with Gasteiger partial charge in [0.1, 0.15) is 5.52 Å². The Morgan fingerprint density at radius 2 is 2.42 bits per heavy atom. The van der Waals surface area contributed by atoms with E-state index in [4.69, 9.17) is 0 Å². The molecule has 5 heteroatoms. The molecular formula is C7H6N4O. The second kappa shape index (κ2) is 2.61. The quantitative estimate of drug-likeness (QED) is 0.632. The van der Waals surface area contributed by atoms with E-state index in [2.05, 4.69) is 20.3 Å². The lowest BCUT2D eigenvalue weighted by Crippen LogP contribution is -1.94. The molecule has 0 spiro atoms. The number of nitrogens with zero attached hydrogens (tertiary/aromatic N) is 2. The summed E-state index contributed by atoms with van der Waals surface area (Å²) in [6, 6.07) is 1.70. The SMILES string of the molecule is O=CNc1ccnc2nc[nH]c12. The molecule has 0 aliphatic heterocycles. The number of nitrogens with one attached hydrogen (secondary N) is 2. The van der Waals surface area contributed by atoms with Gasteiger partial charge in [0.05, 0.1) is 12.0 Å². The van der Waals surface area contributed by atoms with E-state index in [-0.39, 0.29) is 0 Å². The summed E-state index contributed by atoms with van der Waals surface area (Å²) in [4.78, 5) is 21.0. The van der Waals surface area contributed by atoms with Crippen LogP contribution in [0.4, 0.5) is 5.69 Å².